The Bertz CT molecular complexity index is 500. The van der Waals surface area contributed by atoms with Gasteiger partial charge < -0.3 is 17.0 Å². The molecule has 2 nitrogen and oxygen atoms in total. The molecule has 0 bridgehead atoms. The van der Waals surface area contributed by atoms with Crippen LogP contribution >= 0.6 is 0 Å². The minimum Gasteiger partial charge on any atom is -1.00 e. The first-order valence-electron chi connectivity index (χ1n) is 5.01. The van der Waals surface area contributed by atoms with Crippen LogP contribution in [0.25, 0.3) is 0 Å². The SMILES string of the molecule is Cc1ccc(Cn2ccccc2=N)cc1.[Cl-]. The lowest BCUT2D eigenvalue weighted by Crippen LogP contribution is -3.00. The summed E-state index contributed by atoms with van der Waals surface area (Å²) in [6, 6.07) is 14.0. The van der Waals surface area contributed by atoms with Crippen LogP contribution < -0.4 is 17.9 Å². The summed E-state index contributed by atoms with van der Waals surface area (Å²) in [5.74, 6) is 0. The van der Waals surface area contributed by atoms with Crippen molar-refractivity contribution < 1.29 is 12.4 Å². The van der Waals surface area contributed by atoms with E-state index in [9.17, 15) is 0 Å². The third-order valence-electron chi connectivity index (χ3n) is 2.41. The molecule has 84 valence electrons. The van der Waals surface area contributed by atoms with Gasteiger partial charge >= 0.3 is 0 Å². The Morgan fingerprint density at radius 2 is 1.75 bits per heavy atom. The zero-order chi connectivity index (χ0) is 10.7. The van der Waals surface area contributed by atoms with Gasteiger partial charge in [0.1, 0.15) is 5.49 Å². The highest BCUT2D eigenvalue weighted by atomic mass is 35.5. The molecular formula is C13H14ClN2-. The maximum atomic E-state index is 7.73. The van der Waals surface area contributed by atoms with Crippen LogP contribution in [0, 0.1) is 12.3 Å². The molecule has 3 heteroatoms. The molecule has 2 aromatic rings. The van der Waals surface area contributed by atoms with Crippen molar-refractivity contribution in [3.63, 3.8) is 0 Å². The van der Waals surface area contributed by atoms with Gasteiger partial charge in [0.25, 0.3) is 0 Å². The first kappa shape index (κ1) is 12.5. The van der Waals surface area contributed by atoms with E-state index in [4.69, 9.17) is 5.41 Å². The van der Waals surface area contributed by atoms with Gasteiger partial charge in [-0.25, -0.2) is 0 Å². The van der Waals surface area contributed by atoms with E-state index in [0.717, 1.165) is 6.54 Å². The van der Waals surface area contributed by atoms with Crippen LogP contribution in [0.3, 0.4) is 0 Å². The molecule has 0 spiro atoms. The summed E-state index contributed by atoms with van der Waals surface area (Å²) in [5, 5.41) is 7.73. The van der Waals surface area contributed by atoms with Crippen molar-refractivity contribution in [2.45, 2.75) is 13.5 Å². The van der Waals surface area contributed by atoms with E-state index >= 15 is 0 Å². The number of aromatic nitrogens is 1. The second-order valence-electron chi connectivity index (χ2n) is 3.70. The van der Waals surface area contributed by atoms with E-state index in [1.54, 1.807) is 6.07 Å². The molecule has 0 amide bonds. The Morgan fingerprint density at radius 3 is 2.38 bits per heavy atom. The number of halogens is 1. The first-order valence-corrected chi connectivity index (χ1v) is 5.01. The van der Waals surface area contributed by atoms with E-state index in [-0.39, 0.29) is 12.4 Å². The van der Waals surface area contributed by atoms with E-state index in [1.165, 1.54) is 11.1 Å². The van der Waals surface area contributed by atoms with Crippen LogP contribution in [0.2, 0.25) is 0 Å². The Kier molecular flexibility index (Phi) is 4.32. The van der Waals surface area contributed by atoms with Crippen molar-refractivity contribution in [2.24, 2.45) is 0 Å². The molecule has 0 saturated heterocycles. The molecule has 16 heavy (non-hydrogen) atoms. The zero-order valence-corrected chi connectivity index (χ0v) is 9.91. The van der Waals surface area contributed by atoms with Crippen LogP contribution in [-0.2, 0) is 6.54 Å². The van der Waals surface area contributed by atoms with Crippen LogP contribution in [0.1, 0.15) is 11.1 Å². The molecule has 2 rings (SSSR count). The lowest BCUT2D eigenvalue weighted by molar-refractivity contribution is -0.00000337. The lowest BCUT2D eigenvalue weighted by Gasteiger charge is -2.06. The molecule has 0 fully saturated rings. The Balaban J connectivity index is 0.00000128. The van der Waals surface area contributed by atoms with Crippen LogP contribution in [0.15, 0.2) is 48.7 Å². The highest BCUT2D eigenvalue weighted by Gasteiger charge is 1.94. The summed E-state index contributed by atoms with van der Waals surface area (Å²) in [5.41, 5.74) is 3.03. The van der Waals surface area contributed by atoms with Crippen molar-refractivity contribution in [3.05, 3.63) is 65.3 Å². The molecule has 0 atom stereocenters. The van der Waals surface area contributed by atoms with E-state index < -0.39 is 0 Å². The summed E-state index contributed by atoms with van der Waals surface area (Å²) in [7, 11) is 0. The van der Waals surface area contributed by atoms with Crippen molar-refractivity contribution in [2.75, 3.05) is 0 Å². The van der Waals surface area contributed by atoms with Crippen molar-refractivity contribution in [1.82, 2.24) is 4.57 Å². The first-order chi connectivity index (χ1) is 7.25. The molecule has 1 aromatic heterocycles. The van der Waals surface area contributed by atoms with E-state index in [0.29, 0.717) is 5.49 Å². The summed E-state index contributed by atoms with van der Waals surface area (Å²) in [4.78, 5) is 0. The quantitative estimate of drug-likeness (QED) is 0.713. The fourth-order valence-electron chi connectivity index (χ4n) is 1.50. The average molecular weight is 234 g/mol. The van der Waals surface area contributed by atoms with Gasteiger partial charge in [0.2, 0.25) is 0 Å². The summed E-state index contributed by atoms with van der Waals surface area (Å²) in [6.45, 7) is 2.84. The number of hydrogen-bond acceptors (Lipinski definition) is 1. The van der Waals surface area contributed by atoms with Gasteiger partial charge in [0, 0.05) is 12.7 Å². The minimum atomic E-state index is 0. The normalized spacial score (nSPS) is 9.56. The summed E-state index contributed by atoms with van der Waals surface area (Å²) < 4.78 is 1.92. The molecule has 1 heterocycles. The number of hydrogen-bond donors (Lipinski definition) is 1. The number of benzene rings is 1. The standard InChI is InChI=1S/C13H14N2.ClH/c1-11-5-7-12(8-6-11)10-15-9-3-2-4-13(15)14;/h2-9,14H,10H2,1H3;1H/p-1. The van der Waals surface area contributed by atoms with Gasteiger partial charge in [0.15, 0.2) is 0 Å². The maximum Gasteiger partial charge on any atom is 0.124 e. The molecule has 0 aliphatic heterocycles. The number of pyridine rings is 1. The third kappa shape index (κ3) is 2.97. The fourth-order valence-corrected chi connectivity index (χ4v) is 1.50. The highest BCUT2D eigenvalue weighted by molar-refractivity contribution is 5.21. The number of aryl methyl sites for hydroxylation is 1. The number of nitrogens with zero attached hydrogens (tertiary/aromatic N) is 1. The average Bonchev–Trinajstić information content (AvgIpc) is 2.25. The predicted octanol–water partition coefficient (Wildman–Crippen LogP) is -0.672. The van der Waals surface area contributed by atoms with E-state index in [1.807, 2.05) is 22.9 Å². The van der Waals surface area contributed by atoms with Gasteiger partial charge in [-0.05, 0) is 24.6 Å². The fraction of sp³-hybridized carbons (Fsp3) is 0.154. The molecule has 0 unspecified atom stereocenters. The monoisotopic (exact) mass is 233 g/mol. The topological polar surface area (TPSA) is 28.8 Å². The van der Waals surface area contributed by atoms with E-state index in [2.05, 4.69) is 31.2 Å². The Morgan fingerprint density at radius 1 is 1.06 bits per heavy atom. The molecule has 0 saturated carbocycles. The Labute approximate surface area is 101 Å². The molecule has 1 N–H and O–H groups in total. The van der Waals surface area contributed by atoms with Gasteiger partial charge in [-0.15, -0.1) is 0 Å². The van der Waals surface area contributed by atoms with Crippen molar-refractivity contribution >= 4 is 0 Å². The van der Waals surface area contributed by atoms with Crippen LogP contribution in [-0.4, -0.2) is 4.57 Å². The molecular weight excluding hydrogens is 220 g/mol. The second kappa shape index (κ2) is 5.52. The van der Waals surface area contributed by atoms with Crippen molar-refractivity contribution in [3.8, 4) is 0 Å². The van der Waals surface area contributed by atoms with Gasteiger partial charge in [0.05, 0.1) is 0 Å². The van der Waals surface area contributed by atoms with Crippen LogP contribution in [0.4, 0.5) is 0 Å². The number of rotatable bonds is 2. The predicted molar refractivity (Wildman–Crippen MR) is 60.6 cm³/mol. The lowest BCUT2D eigenvalue weighted by atomic mass is 10.1. The smallest absolute Gasteiger partial charge is 0.124 e. The molecule has 0 aliphatic rings. The van der Waals surface area contributed by atoms with Gasteiger partial charge in [-0.1, -0.05) is 35.9 Å². The molecule has 1 aromatic carbocycles. The largest absolute Gasteiger partial charge is 1.00 e. The van der Waals surface area contributed by atoms with Crippen molar-refractivity contribution in [1.29, 1.82) is 5.41 Å². The minimum absolute atomic E-state index is 0. The zero-order valence-electron chi connectivity index (χ0n) is 9.15. The Hall–Kier alpha value is -1.54. The highest BCUT2D eigenvalue weighted by Crippen LogP contribution is 2.03. The van der Waals surface area contributed by atoms with Crippen LogP contribution in [0.5, 0.6) is 0 Å². The second-order valence-corrected chi connectivity index (χ2v) is 3.70. The third-order valence-corrected chi connectivity index (χ3v) is 2.41. The van der Waals surface area contributed by atoms with Gasteiger partial charge in [-0.2, -0.15) is 0 Å². The summed E-state index contributed by atoms with van der Waals surface area (Å²) >= 11 is 0. The van der Waals surface area contributed by atoms with Gasteiger partial charge in [-0.3, -0.25) is 5.41 Å². The maximum absolute atomic E-state index is 7.73. The molecule has 0 radical (unpaired) electrons. The number of nitrogens with one attached hydrogen (secondary N) is 1. The molecule has 0 aliphatic carbocycles. The summed E-state index contributed by atoms with van der Waals surface area (Å²) in [6.07, 6.45) is 1.93.